The van der Waals surface area contributed by atoms with E-state index in [4.69, 9.17) is 4.74 Å². The fourth-order valence-electron chi connectivity index (χ4n) is 3.33. The first kappa shape index (κ1) is 21.9. The topological polar surface area (TPSA) is 46.6 Å². The molecule has 0 radical (unpaired) electrons. The van der Waals surface area contributed by atoms with Gasteiger partial charge in [-0.1, -0.05) is 55.1 Å². The zero-order valence-electron chi connectivity index (χ0n) is 16.3. The average molecular weight is 559 g/mol. The van der Waals surface area contributed by atoms with Crippen LogP contribution in [-0.2, 0) is 11.3 Å². The molecule has 1 heterocycles. The molecule has 0 unspecified atom stereocenters. The second-order valence-corrected chi connectivity index (χ2v) is 9.52. The summed E-state index contributed by atoms with van der Waals surface area (Å²) in [6.07, 6.45) is 3.39. The van der Waals surface area contributed by atoms with Crippen molar-refractivity contribution in [1.82, 2.24) is 4.90 Å². The molecule has 1 aliphatic rings. The van der Waals surface area contributed by atoms with Crippen molar-refractivity contribution in [1.29, 1.82) is 0 Å². The molecule has 0 bridgehead atoms. The van der Waals surface area contributed by atoms with Gasteiger partial charge in [0, 0.05) is 0 Å². The average Bonchev–Trinajstić information content (AvgIpc) is 3.01. The van der Waals surface area contributed by atoms with Crippen LogP contribution in [0.2, 0.25) is 0 Å². The van der Waals surface area contributed by atoms with Crippen LogP contribution in [-0.4, -0.2) is 22.7 Å². The summed E-state index contributed by atoms with van der Waals surface area (Å²) < 4.78 is 7.11. The van der Waals surface area contributed by atoms with Crippen LogP contribution in [0.15, 0.2) is 81.1 Å². The highest BCUT2D eigenvalue weighted by Gasteiger charge is 2.35. The first-order valence-corrected chi connectivity index (χ1v) is 11.8. The zero-order valence-corrected chi connectivity index (χ0v) is 20.3. The highest BCUT2D eigenvalue weighted by molar-refractivity contribution is 9.11. The molecule has 0 N–H and O–H groups in total. The van der Waals surface area contributed by atoms with Gasteiger partial charge in [0.25, 0.3) is 11.1 Å². The maximum Gasteiger partial charge on any atom is 0.293 e. The van der Waals surface area contributed by atoms with Gasteiger partial charge in [-0.3, -0.25) is 14.5 Å². The predicted octanol–water partition coefficient (Wildman–Crippen LogP) is 7.17. The molecule has 3 aromatic rings. The third-order valence-electron chi connectivity index (χ3n) is 4.75. The van der Waals surface area contributed by atoms with E-state index in [2.05, 4.69) is 38.4 Å². The summed E-state index contributed by atoms with van der Waals surface area (Å²) in [6, 6.07) is 17.6. The first-order chi connectivity index (χ1) is 15.0. The molecule has 4 nitrogen and oxygen atoms in total. The van der Waals surface area contributed by atoms with Gasteiger partial charge in [-0.25, -0.2) is 0 Å². The molecule has 1 aliphatic heterocycles. The molecule has 4 rings (SSSR count). The Morgan fingerprint density at radius 1 is 1.03 bits per heavy atom. The number of amides is 2. The van der Waals surface area contributed by atoms with Crippen LogP contribution < -0.4 is 4.74 Å². The lowest BCUT2D eigenvalue weighted by molar-refractivity contribution is -0.123. The van der Waals surface area contributed by atoms with Gasteiger partial charge in [-0.2, -0.15) is 0 Å². The Morgan fingerprint density at radius 3 is 2.48 bits per heavy atom. The summed E-state index contributed by atoms with van der Waals surface area (Å²) in [5.41, 5.74) is 1.72. The second-order valence-electron chi connectivity index (χ2n) is 6.82. The van der Waals surface area contributed by atoms with Gasteiger partial charge in [0.05, 0.1) is 20.4 Å². The molecule has 2 amide bonds. The van der Waals surface area contributed by atoms with Crippen LogP contribution in [0.4, 0.5) is 4.79 Å². The fourth-order valence-corrected chi connectivity index (χ4v) is 5.62. The second kappa shape index (κ2) is 9.42. The minimum atomic E-state index is -0.290. The molecule has 0 spiro atoms. The first-order valence-electron chi connectivity index (χ1n) is 9.42. The van der Waals surface area contributed by atoms with Crippen LogP contribution in [0.5, 0.6) is 5.75 Å². The zero-order chi connectivity index (χ0) is 22.0. The number of ether oxygens (including phenoxy) is 1. The molecule has 1 saturated heterocycles. The Hall–Kier alpha value is -2.35. The van der Waals surface area contributed by atoms with E-state index in [0.717, 1.165) is 42.6 Å². The minimum absolute atomic E-state index is 0.241. The number of fused-ring (bicyclic) bond motifs is 1. The van der Waals surface area contributed by atoms with Crippen LogP contribution in [0, 0.1) is 0 Å². The molecule has 0 aromatic heterocycles. The van der Waals surface area contributed by atoms with Crippen molar-refractivity contribution < 1.29 is 14.3 Å². The Balaban J connectivity index is 1.59. The van der Waals surface area contributed by atoms with E-state index in [1.807, 2.05) is 54.6 Å². The van der Waals surface area contributed by atoms with Crippen molar-refractivity contribution in [2.45, 2.75) is 6.54 Å². The highest BCUT2D eigenvalue weighted by atomic mass is 79.9. The van der Waals surface area contributed by atoms with Crippen molar-refractivity contribution in [2.24, 2.45) is 0 Å². The van der Waals surface area contributed by atoms with Crippen LogP contribution >= 0.6 is 43.6 Å². The molecule has 31 heavy (non-hydrogen) atoms. The summed E-state index contributed by atoms with van der Waals surface area (Å²) >= 11 is 7.95. The normalized spacial score (nSPS) is 15.2. The summed E-state index contributed by atoms with van der Waals surface area (Å²) in [4.78, 5) is 27.3. The van der Waals surface area contributed by atoms with Gasteiger partial charge in [0.2, 0.25) is 0 Å². The molecule has 0 atom stereocenters. The number of hydrogen-bond donors (Lipinski definition) is 0. The Labute approximate surface area is 201 Å². The van der Waals surface area contributed by atoms with Crippen molar-refractivity contribution in [2.75, 3.05) is 6.61 Å². The third kappa shape index (κ3) is 4.63. The van der Waals surface area contributed by atoms with Gasteiger partial charge < -0.3 is 4.74 Å². The Kier molecular flexibility index (Phi) is 6.65. The Bertz CT molecular complexity index is 1210. The van der Waals surface area contributed by atoms with Gasteiger partial charge in [0.15, 0.2) is 0 Å². The van der Waals surface area contributed by atoms with E-state index in [9.17, 15) is 9.59 Å². The summed E-state index contributed by atoms with van der Waals surface area (Å²) in [6.45, 7) is 4.27. The lowest BCUT2D eigenvalue weighted by Gasteiger charge is -2.14. The molecule has 3 aromatic carbocycles. The van der Waals surface area contributed by atoms with Crippen molar-refractivity contribution in [3.05, 3.63) is 92.2 Å². The smallest absolute Gasteiger partial charge is 0.293 e. The van der Waals surface area contributed by atoms with Crippen LogP contribution in [0.1, 0.15) is 11.1 Å². The van der Waals surface area contributed by atoms with Gasteiger partial charge in [-0.05, 0) is 83.7 Å². The third-order valence-corrected chi connectivity index (χ3v) is 6.83. The SMILES string of the molecule is C=CCOc1c(Br)cc(/C=C2\SC(=O)N(Cc3cccc4ccccc34)C2=O)cc1Br. The number of hydrogen-bond acceptors (Lipinski definition) is 4. The quantitative estimate of drug-likeness (QED) is 0.238. The van der Waals surface area contributed by atoms with Crippen molar-refractivity contribution in [3.8, 4) is 5.75 Å². The maximum atomic E-state index is 13.0. The van der Waals surface area contributed by atoms with E-state index < -0.39 is 0 Å². The minimum Gasteiger partial charge on any atom is -0.487 e. The van der Waals surface area contributed by atoms with E-state index in [-0.39, 0.29) is 17.7 Å². The highest BCUT2D eigenvalue weighted by Crippen LogP contribution is 2.38. The van der Waals surface area contributed by atoms with Crippen molar-refractivity contribution in [3.63, 3.8) is 0 Å². The number of thioether (sulfide) groups is 1. The molecule has 0 saturated carbocycles. The van der Waals surface area contributed by atoms with E-state index in [1.54, 1.807) is 12.2 Å². The number of imide groups is 1. The fraction of sp³-hybridized carbons (Fsp3) is 0.0833. The van der Waals surface area contributed by atoms with E-state index >= 15 is 0 Å². The summed E-state index contributed by atoms with van der Waals surface area (Å²) in [5.74, 6) is 0.364. The monoisotopic (exact) mass is 557 g/mol. The number of carbonyl (C=O) groups is 2. The molecule has 7 heteroatoms. The molecule has 1 fully saturated rings. The number of carbonyl (C=O) groups excluding carboxylic acids is 2. The molecule has 0 aliphatic carbocycles. The lowest BCUT2D eigenvalue weighted by atomic mass is 10.0. The van der Waals surface area contributed by atoms with Gasteiger partial charge in [0.1, 0.15) is 12.4 Å². The summed E-state index contributed by atoms with van der Waals surface area (Å²) in [5, 5.41) is 1.85. The van der Waals surface area contributed by atoms with Gasteiger partial charge in [-0.15, -0.1) is 0 Å². The van der Waals surface area contributed by atoms with Crippen molar-refractivity contribution >= 4 is 71.6 Å². The predicted molar refractivity (Wildman–Crippen MR) is 133 cm³/mol. The van der Waals surface area contributed by atoms with E-state index in [0.29, 0.717) is 17.3 Å². The largest absolute Gasteiger partial charge is 0.487 e. The maximum absolute atomic E-state index is 13.0. The standard InChI is InChI=1S/C24H17Br2NO3S/c1-2-10-30-22-19(25)11-15(12-20(22)26)13-21-23(28)27(24(29)31-21)14-17-8-5-7-16-6-3-4-9-18(16)17/h2-9,11-13H,1,10,14H2/b21-13-. The van der Waals surface area contributed by atoms with Crippen LogP contribution in [0.25, 0.3) is 16.8 Å². The Morgan fingerprint density at radius 2 is 1.74 bits per heavy atom. The molecular formula is C24H17Br2NO3S. The number of benzene rings is 3. The summed E-state index contributed by atoms with van der Waals surface area (Å²) in [7, 11) is 0. The van der Waals surface area contributed by atoms with Gasteiger partial charge >= 0.3 is 0 Å². The molecular weight excluding hydrogens is 542 g/mol. The number of halogens is 2. The number of nitrogens with zero attached hydrogens (tertiary/aromatic N) is 1. The number of rotatable bonds is 6. The van der Waals surface area contributed by atoms with E-state index in [1.165, 1.54) is 4.90 Å². The van der Waals surface area contributed by atoms with Crippen LogP contribution in [0.3, 0.4) is 0 Å². The molecule has 156 valence electrons. The lowest BCUT2D eigenvalue weighted by Crippen LogP contribution is -2.27.